The molecule has 28 heavy (non-hydrogen) atoms. The summed E-state index contributed by atoms with van der Waals surface area (Å²) in [5.74, 6) is -0.250. The smallest absolute Gasteiger partial charge is 0.414 e. The van der Waals surface area contributed by atoms with Crippen molar-refractivity contribution >= 4 is 17.7 Å². The van der Waals surface area contributed by atoms with Crippen LogP contribution in [0.2, 0.25) is 0 Å². The molecule has 1 amide bonds. The van der Waals surface area contributed by atoms with E-state index in [1.54, 1.807) is 4.90 Å². The number of carbonyl (C=O) groups is 2. The van der Waals surface area contributed by atoms with Crippen molar-refractivity contribution in [1.82, 2.24) is 4.90 Å². The van der Waals surface area contributed by atoms with Crippen LogP contribution in [0.4, 0.5) is 10.5 Å². The van der Waals surface area contributed by atoms with Crippen LogP contribution in [-0.2, 0) is 19.7 Å². The highest BCUT2D eigenvalue weighted by Gasteiger charge is 2.60. The van der Waals surface area contributed by atoms with E-state index in [1.165, 1.54) is 7.11 Å². The summed E-state index contributed by atoms with van der Waals surface area (Å²) < 4.78 is 10.7. The number of ether oxygens (including phenoxy) is 2. The van der Waals surface area contributed by atoms with Gasteiger partial charge in [0, 0.05) is 18.0 Å². The van der Waals surface area contributed by atoms with Gasteiger partial charge in [-0.25, -0.2) is 4.79 Å². The van der Waals surface area contributed by atoms with E-state index in [2.05, 4.69) is 18.1 Å². The molecule has 4 aliphatic rings. The van der Waals surface area contributed by atoms with Crippen LogP contribution in [0.1, 0.15) is 24.8 Å². The topological polar surface area (TPSA) is 59.1 Å². The summed E-state index contributed by atoms with van der Waals surface area (Å²) in [6, 6.07) is 7.63. The molecule has 2 bridgehead atoms. The minimum absolute atomic E-state index is 0.0143. The van der Waals surface area contributed by atoms with E-state index in [1.807, 2.05) is 30.3 Å². The number of rotatable bonds is 2. The van der Waals surface area contributed by atoms with Gasteiger partial charge in [0.15, 0.2) is 0 Å². The quantitative estimate of drug-likeness (QED) is 0.581. The molecule has 0 aromatic heterocycles. The van der Waals surface area contributed by atoms with Crippen LogP contribution in [0.3, 0.4) is 0 Å². The molecule has 5 rings (SSSR count). The standard InChI is InChI=1S/C22H26N2O4/c1-4-7-18-20-22(10-11-23(18)13-15(2)14-28-19(25)12-22)16-8-5-6-9-17(16)24(20)21(26)27-3/h4-6,8-9,18,20H,1-2,7,10-14H2,3H3/t18-,20-,22+/m0/s1. The molecule has 4 atom stereocenters. The Kier molecular flexibility index (Phi) is 4.75. The molecule has 1 aromatic rings. The molecule has 1 spiro atoms. The lowest BCUT2D eigenvalue weighted by atomic mass is 9.66. The Labute approximate surface area is 165 Å². The van der Waals surface area contributed by atoms with Gasteiger partial charge in [-0.15, -0.1) is 6.58 Å². The third-order valence-electron chi connectivity index (χ3n) is 6.33. The van der Waals surface area contributed by atoms with E-state index in [4.69, 9.17) is 9.47 Å². The molecule has 0 radical (unpaired) electrons. The SMILES string of the molecule is C=CC[C@H]1[C@@H]2N(C(=O)OC)c3ccccc3[C@]23CCN1CC(=C)COC(=O)C3. The number of hydrogen-bond donors (Lipinski definition) is 0. The predicted molar refractivity (Wildman–Crippen MR) is 106 cm³/mol. The van der Waals surface area contributed by atoms with Gasteiger partial charge in [0.1, 0.15) is 6.61 Å². The number of para-hydroxylation sites is 1. The van der Waals surface area contributed by atoms with Crippen LogP contribution in [-0.4, -0.2) is 55.9 Å². The second-order valence-electron chi connectivity index (χ2n) is 7.86. The molecule has 1 unspecified atom stereocenters. The first-order chi connectivity index (χ1) is 13.5. The van der Waals surface area contributed by atoms with E-state index in [9.17, 15) is 9.59 Å². The highest BCUT2D eigenvalue weighted by Crippen LogP contribution is 2.54. The minimum Gasteiger partial charge on any atom is -0.461 e. The fraction of sp³-hybridized carbons (Fsp3) is 0.455. The second kappa shape index (κ2) is 7.09. The number of hydrogen-bond acceptors (Lipinski definition) is 5. The number of carbonyl (C=O) groups excluding carboxylic acids is 2. The number of fused-ring (bicyclic) bond motifs is 7. The molecule has 0 saturated carbocycles. The molecule has 4 heterocycles. The highest BCUT2D eigenvalue weighted by atomic mass is 16.5. The Morgan fingerprint density at radius 1 is 1.43 bits per heavy atom. The van der Waals surface area contributed by atoms with Crippen molar-refractivity contribution in [3.05, 3.63) is 54.6 Å². The summed E-state index contributed by atoms with van der Waals surface area (Å²) in [5.41, 5.74) is 2.21. The van der Waals surface area contributed by atoms with Crippen molar-refractivity contribution in [3.63, 3.8) is 0 Å². The van der Waals surface area contributed by atoms with E-state index in [0.717, 1.165) is 29.8 Å². The number of benzene rings is 1. The monoisotopic (exact) mass is 382 g/mol. The summed E-state index contributed by atoms with van der Waals surface area (Å²) in [6.45, 7) is 9.71. The third kappa shape index (κ3) is 2.75. The zero-order valence-electron chi connectivity index (χ0n) is 16.2. The molecule has 148 valence electrons. The average Bonchev–Trinajstić information content (AvgIpc) is 2.98. The largest absolute Gasteiger partial charge is 0.461 e. The van der Waals surface area contributed by atoms with Gasteiger partial charge in [-0.1, -0.05) is 30.9 Å². The first kappa shape index (κ1) is 18.7. The van der Waals surface area contributed by atoms with Crippen LogP contribution >= 0.6 is 0 Å². The highest BCUT2D eigenvalue weighted by molar-refractivity contribution is 5.93. The van der Waals surface area contributed by atoms with Gasteiger partial charge in [0.05, 0.1) is 25.3 Å². The summed E-state index contributed by atoms with van der Waals surface area (Å²) in [7, 11) is 1.40. The Morgan fingerprint density at radius 2 is 2.21 bits per heavy atom. The number of piperidine rings is 1. The van der Waals surface area contributed by atoms with Crippen LogP contribution in [0.5, 0.6) is 0 Å². The number of nitrogens with zero attached hydrogens (tertiary/aromatic N) is 2. The van der Waals surface area contributed by atoms with Gasteiger partial charge in [0.25, 0.3) is 0 Å². The van der Waals surface area contributed by atoms with Crippen LogP contribution < -0.4 is 4.90 Å². The molecule has 1 aromatic carbocycles. The predicted octanol–water partition coefficient (Wildman–Crippen LogP) is 3.03. The zero-order valence-corrected chi connectivity index (χ0v) is 16.2. The molecule has 3 fully saturated rings. The molecule has 6 nitrogen and oxygen atoms in total. The number of amides is 1. The zero-order chi connectivity index (χ0) is 19.9. The summed E-state index contributed by atoms with van der Waals surface area (Å²) >= 11 is 0. The fourth-order valence-corrected chi connectivity index (χ4v) is 5.26. The normalized spacial score (nSPS) is 31.6. The Bertz CT molecular complexity index is 836. The van der Waals surface area contributed by atoms with E-state index >= 15 is 0 Å². The molecule has 6 heteroatoms. The molecule has 0 N–H and O–H groups in total. The molecule has 0 aliphatic carbocycles. The van der Waals surface area contributed by atoms with Gasteiger partial charge in [-0.3, -0.25) is 14.6 Å². The maximum Gasteiger partial charge on any atom is 0.414 e. The third-order valence-corrected chi connectivity index (χ3v) is 6.33. The van der Waals surface area contributed by atoms with Crippen molar-refractivity contribution in [2.45, 2.75) is 36.8 Å². The summed E-state index contributed by atoms with van der Waals surface area (Å²) in [4.78, 5) is 29.7. The van der Waals surface area contributed by atoms with Crippen LogP contribution in [0.15, 0.2) is 49.1 Å². The van der Waals surface area contributed by atoms with Gasteiger partial charge in [-0.2, -0.15) is 0 Å². The molecular formula is C22H26N2O4. The number of methoxy groups -OCH3 is 1. The number of esters is 1. The summed E-state index contributed by atoms with van der Waals surface area (Å²) in [6.07, 6.45) is 3.18. The molecule has 3 saturated heterocycles. The van der Waals surface area contributed by atoms with E-state index in [-0.39, 0.29) is 31.1 Å². The van der Waals surface area contributed by atoms with Crippen molar-refractivity contribution in [3.8, 4) is 0 Å². The Balaban J connectivity index is 1.92. The maximum absolute atomic E-state index is 12.9. The summed E-state index contributed by atoms with van der Waals surface area (Å²) in [5, 5.41) is 0. The maximum atomic E-state index is 12.9. The van der Waals surface area contributed by atoms with Gasteiger partial charge in [-0.05, 0) is 36.6 Å². The average molecular weight is 382 g/mol. The van der Waals surface area contributed by atoms with Crippen LogP contribution in [0, 0.1) is 0 Å². The van der Waals surface area contributed by atoms with Crippen molar-refractivity contribution < 1.29 is 19.1 Å². The van der Waals surface area contributed by atoms with Crippen molar-refractivity contribution in [2.75, 3.05) is 31.7 Å². The van der Waals surface area contributed by atoms with Gasteiger partial charge >= 0.3 is 12.1 Å². The first-order valence-electron chi connectivity index (χ1n) is 9.65. The van der Waals surface area contributed by atoms with Crippen molar-refractivity contribution in [1.29, 1.82) is 0 Å². The van der Waals surface area contributed by atoms with Gasteiger partial charge < -0.3 is 9.47 Å². The van der Waals surface area contributed by atoms with Gasteiger partial charge in [0.2, 0.25) is 0 Å². The Hall–Kier alpha value is -2.60. The molecule has 4 aliphatic heterocycles. The lowest BCUT2D eigenvalue weighted by Crippen LogP contribution is -2.64. The van der Waals surface area contributed by atoms with E-state index in [0.29, 0.717) is 13.0 Å². The lowest BCUT2D eigenvalue weighted by molar-refractivity contribution is -0.146. The van der Waals surface area contributed by atoms with Crippen molar-refractivity contribution in [2.24, 2.45) is 0 Å². The van der Waals surface area contributed by atoms with Crippen LogP contribution in [0.25, 0.3) is 0 Å². The Morgan fingerprint density at radius 3 is 2.96 bits per heavy atom. The fourth-order valence-electron chi connectivity index (χ4n) is 5.26. The lowest BCUT2D eigenvalue weighted by Gasteiger charge is -2.51. The second-order valence-corrected chi connectivity index (χ2v) is 7.86. The van der Waals surface area contributed by atoms with E-state index < -0.39 is 11.5 Å². The number of anilines is 1. The minimum atomic E-state index is -0.495. The first-order valence-corrected chi connectivity index (χ1v) is 9.65. The molecular weight excluding hydrogens is 356 g/mol.